The summed E-state index contributed by atoms with van der Waals surface area (Å²) in [5, 5.41) is 3.57. The van der Waals surface area contributed by atoms with E-state index < -0.39 is 28.5 Å². The third-order valence-corrected chi connectivity index (χ3v) is 9.99. The maximum atomic E-state index is 14.6. The first kappa shape index (κ1) is 35.8. The Hall–Kier alpha value is -4.05. The van der Waals surface area contributed by atoms with Gasteiger partial charge in [0.2, 0.25) is 11.8 Å². The van der Waals surface area contributed by atoms with Crippen molar-refractivity contribution in [1.29, 1.82) is 0 Å². The number of nitrogens with zero attached hydrogens (tertiary/aromatic N) is 2. The Morgan fingerprint density at radius 3 is 2.19 bits per heavy atom. The van der Waals surface area contributed by atoms with Crippen LogP contribution in [0.25, 0.3) is 0 Å². The molecule has 0 aliphatic rings. The summed E-state index contributed by atoms with van der Waals surface area (Å²) < 4.78 is 35.5. The molecule has 248 valence electrons. The van der Waals surface area contributed by atoms with Crippen LogP contribution >= 0.6 is 23.2 Å². The van der Waals surface area contributed by atoms with Crippen LogP contribution in [0.3, 0.4) is 0 Å². The van der Waals surface area contributed by atoms with Crippen LogP contribution in [0.2, 0.25) is 10.0 Å². The highest BCUT2D eigenvalue weighted by atomic mass is 35.5. The lowest BCUT2D eigenvalue weighted by molar-refractivity contribution is -0.140. The van der Waals surface area contributed by atoms with Crippen LogP contribution in [0.4, 0.5) is 5.69 Å². The first-order chi connectivity index (χ1) is 22.5. The normalized spacial score (nSPS) is 11.9. The van der Waals surface area contributed by atoms with Gasteiger partial charge in [0.05, 0.1) is 27.2 Å². The second-order valence-electron chi connectivity index (χ2n) is 11.0. The second kappa shape index (κ2) is 16.7. The molecule has 0 saturated carbocycles. The molecule has 1 unspecified atom stereocenters. The van der Waals surface area contributed by atoms with Crippen molar-refractivity contribution in [2.24, 2.45) is 0 Å². The summed E-state index contributed by atoms with van der Waals surface area (Å²) in [5.74, 6) is -0.645. The fraction of sp³-hybridized carbons (Fsp3) is 0.278. The van der Waals surface area contributed by atoms with Gasteiger partial charge in [0.25, 0.3) is 10.0 Å². The third-order valence-electron chi connectivity index (χ3n) is 7.48. The van der Waals surface area contributed by atoms with E-state index in [0.717, 1.165) is 15.4 Å². The molecule has 4 aromatic carbocycles. The van der Waals surface area contributed by atoms with Crippen LogP contribution in [0.5, 0.6) is 5.75 Å². The van der Waals surface area contributed by atoms with Crippen molar-refractivity contribution in [3.05, 3.63) is 124 Å². The number of benzene rings is 4. The fourth-order valence-corrected chi connectivity index (χ4v) is 6.79. The van der Waals surface area contributed by atoms with Gasteiger partial charge in [0, 0.05) is 19.5 Å². The van der Waals surface area contributed by atoms with Gasteiger partial charge in [0.15, 0.2) is 0 Å². The Morgan fingerprint density at radius 1 is 0.851 bits per heavy atom. The molecule has 1 N–H and O–H groups in total. The molecule has 0 aliphatic carbocycles. The van der Waals surface area contributed by atoms with Crippen molar-refractivity contribution in [2.75, 3.05) is 24.0 Å². The average molecular weight is 697 g/mol. The summed E-state index contributed by atoms with van der Waals surface area (Å²) >= 11 is 12.5. The first-order valence-electron chi connectivity index (χ1n) is 15.4. The summed E-state index contributed by atoms with van der Waals surface area (Å²) in [4.78, 5) is 29.9. The van der Waals surface area contributed by atoms with Crippen molar-refractivity contribution in [2.45, 2.75) is 51.1 Å². The van der Waals surface area contributed by atoms with Crippen molar-refractivity contribution < 1.29 is 22.7 Å². The van der Waals surface area contributed by atoms with E-state index in [1.54, 1.807) is 61.5 Å². The lowest BCUT2D eigenvalue weighted by atomic mass is 10.0. The standard InChI is InChI=1S/C36H39Cl2N3O5S/c1-4-21-39-36(43)33(23-27-11-7-6-8-12-27)40(24-28-17-20-30(37)31(38)22-28)35(42)25-41(32-13-9-10-14-34(32)46-5-2)47(44,45)29-18-15-26(3)16-19-29/h6-20,22,33H,4-5,21,23-25H2,1-3H3,(H,39,43). The number of carbonyl (C=O) groups excluding carboxylic acids is 2. The minimum atomic E-state index is -4.28. The molecule has 8 nitrogen and oxygen atoms in total. The second-order valence-corrected chi connectivity index (χ2v) is 13.7. The molecule has 47 heavy (non-hydrogen) atoms. The molecule has 0 aromatic heterocycles. The van der Waals surface area contributed by atoms with Gasteiger partial charge in [-0.3, -0.25) is 13.9 Å². The number of hydrogen-bond acceptors (Lipinski definition) is 5. The molecular formula is C36H39Cl2N3O5S. The van der Waals surface area contributed by atoms with Crippen LogP contribution in [-0.2, 0) is 32.6 Å². The van der Waals surface area contributed by atoms with E-state index >= 15 is 0 Å². The van der Waals surface area contributed by atoms with Crippen molar-refractivity contribution in [1.82, 2.24) is 10.2 Å². The van der Waals surface area contributed by atoms with E-state index in [4.69, 9.17) is 27.9 Å². The van der Waals surface area contributed by atoms with Crippen molar-refractivity contribution >= 4 is 50.7 Å². The largest absolute Gasteiger partial charge is 0.492 e. The summed E-state index contributed by atoms with van der Waals surface area (Å²) in [7, 11) is -4.28. The molecule has 4 aromatic rings. The lowest BCUT2D eigenvalue weighted by Gasteiger charge is -2.34. The highest BCUT2D eigenvalue weighted by molar-refractivity contribution is 7.92. The Balaban J connectivity index is 1.84. The fourth-order valence-electron chi connectivity index (χ4n) is 5.05. The van der Waals surface area contributed by atoms with Gasteiger partial charge in [-0.2, -0.15) is 0 Å². The monoisotopic (exact) mass is 695 g/mol. The van der Waals surface area contributed by atoms with Gasteiger partial charge in [-0.25, -0.2) is 8.42 Å². The quantitative estimate of drug-likeness (QED) is 0.144. The van der Waals surface area contributed by atoms with Crippen molar-refractivity contribution in [3.63, 3.8) is 0 Å². The number of anilines is 1. The van der Waals surface area contributed by atoms with E-state index in [2.05, 4.69) is 5.32 Å². The Kier molecular flexibility index (Phi) is 12.7. The SMILES string of the molecule is CCCNC(=O)C(Cc1ccccc1)N(Cc1ccc(Cl)c(Cl)c1)C(=O)CN(c1ccccc1OCC)S(=O)(=O)c1ccc(C)cc1. The summed E-state index contributed by atoms with van der Waals surface area (Å²) in [6.45, 7) is 5.65. The van der Waals surface area contributed by atoms with Crippen LogP contribution in [-0.4, -0.2) is 50.9 Å². The maximum Gasteiger partial charge on any atom is 0.264 e. The summed E-state index contributed by atoms with van der Waals surface area (Å²) in [6.07, 6.45) is 0.894. The number of rotatable bonds is 15. The van der Waals surface area contributed by atoms with Gasteiger partial charge in [-0.05, 0) is 67.8 Å². The van der Waals surface area contributed by atoms with Gasteiger partial charge in [0.1, 0.15) is 18.3 Å². The molecule has 2 amide bonds. The number of carbonyl (C=O) groups is 2. The van der Waals surface area contributed by atoms with Gasteiger partial charge in [-0.1, -0.05) is 96.4 Å². The van der Waals surface area contributed by atoms with E-state index in [1.807, 2.05) is 44.2 Å². The minimum absolute atomic E-state index is 0.0137. The van der Waals surface area contributed by atoms with E-state index in [9.17, 15) is 18.0 Å². The first-order valence-corrected chi connectivity index (χ1v) is 17.6. The number of sulfonamides is 1. The van der Waals surface area contributed by atoms with Crippen LogP contribution in [0.15, 0.2) is 102 Å². The predicted octanol–water partition coefficient (Wildman–Crippen LogP) is 7.06. The molecule has 11 heteroatoms. The maximum absolute atomic E-state index is 14.6. The Labute approximate surface area is 287 Å². The predicted molar refractivity (Wildman–Crippen MR) is 188 cm³/mol. The molecule has 0 heterocycles. The third kappa shape index (κ3) is 9.28. The lowest BCUT2D eigenvalue weighted by Crippen LogP contribution is -2.53. The molecule has 1 atom stereocenters. The van der Waals surface area contributed by atoms with Crippen LogP contribution in [0.1, 0.15) is 37.0 Å². The summed E-state index contributed by atoms with van der Waals surface area (Å²) in [6, 6.07) is 26.5. The molecule has 0 spiro atoms. The number of hydrogen-bond donors (Lipinski definition) is 1. The highest BCUT2D eigenvalue weighted by Gasteiger charge is 2.35. The smallest absolute Gasteiger partial charge is 0.264 e. The molecule has 4 rings (SSSR count). The van der Waals surface area contributed by atoms with Gasteiger partial charge in [-0.15, -0.1) is 0 Å². The summed E-state index contributed by atoms with van der Waals surface area (Å²) in [5.41, 5.74) is 2.54. The minimum Gasteiger partial charge on any atom is -0.492 e. The molecular weight excluding hydrogens is 657 g/mol. The number of para-hydroxylation sites is 2. The number of nitrogens with one attached hydrogen (secondary N) is 1. The van der Waals surface area contributed by atoms with E-state index in [-0.39, 0.29) is 36.1 Å². The average Bonchev–Trinajstić information content (AvgIpc) is 3.06. The van der Waals surface area contributed by atoms with Crippen molar-refractivity contribution in [3.8, 4) is 5.75 Å². The van der Waals surface area contributed by atoms with Crippen LogP contribution in [0, 0.1) is 6.92 Å². The number of halogens is 2. The number of amides is 2. The number of ether oxygens (including phenoxy) is 1. The molecule has 0 aliphatic heterocycles. The zero-order valence-electron chi connectivity index (χ0n) is 26.7. The molecule has 0 fully saturated rings. The Morgan fingerprint density at radius 2 is 1.53 bits per heavy atom. The zero-order chi connectivity index (χ0) is 34.0. The molecule has 0 bridgehead atoms. The zero-order valence-corrected chi connectivity index (χ0v) is 29.0. The number of aryl methyl sites for hydroxylation is 1. The van der Waals surface area contributed by atoms with E-state index in [0.29, 0.717) is 34.3 Å². The van der Waals surface area contributed by atoms with Gasteiger partial charge >= 0.3 is 0 Å². The highest BCUT2D eigenvalue weighted by Crippen LogP contribution is 2.33. The van der Waals surface area contributed by atoms with E-state index in [1.165, 1.54) is 17.0 Å². The Bertz CT molecular complexity index is 1770. The molecule has 0 radical (unpaired) electrons. The topological polar surface area (TPSA) is 96.0 Å². The van der Waals surface area contributed by atoms with Crippen LogP contribution < -0.4 is 14.4 Å². The van der Waals surface area contributed by atoms with Gasteiger partial charge < -0.3 is 15.0 Å². The molecule has 0 saturated heterocycles.